The maximum absolute atomic E-state index is 5.60. The second-order valence-electron chi connectivity index (χ2n) is 5.21. The van der Waals surface area contributed by atoms with E-state index in [1.165, 1.54) is 0 Å². The predicted octanol–water partition coefficient (Wildman–Crippen LogP) is 4.51. The van der Waals surface area contributed by atoms with Crippen molar-refractivity contribution in [2.75, 3.05) is 24.9 Å². The number of rotatable bonds is 7. The molecule has 1 aromatic heterocycles. The number of aromatic nitrogens is 2. The molecule has 5 nitrogen and oxygen atoms in total. The molecule has 0 atom stereocenters. The monoisotopic (exact) mass is 355 g/mol. The summed E-state index contributed by atoms with van der Waals surface area (Å²) in [6.07, 6.45) is 3.57. The van der Waals surface area contributed by atoms with E-state index in [-0.39, 0.29) is 0 Å². The average molecular weight is 356 g/mol. The summed E-state index contributed by atoms with van der Waals surface area (Å²) in [7, 11) is 1.65. The summed E-state index contributed by atoms with van der Waals surface area (Å²) >= 11 is 5.60. The van der Waals surface area contributed by atoms with Gasteiger partial charge in [-0.1, -0.05) is 12.1 Å². The molecule has 0 aliphatic carbocycles. The highest BCUT2D eigenvalue weighted by atomic mass is 35.5. The number of methoxy groups -OCH3 is 1. The number of hydrogen-bond donors (Lipinski definition) is 1. The molecule has 128 valence electrons. The molecule has 3 aromatic rings. The quantitative estimate of drug-likeness (QED) is 0.632. The Morgan fingerprint density at radius 3 is 2.12 bits per heavy atom. The molecule has 25 heavy (non-hydrogen) atoms. The summed E-state index contributed by atoms with van der Waals surface area (Å²) in [6, 6.07) is 15.3. The van der Waals surface area contributed by atoms with Crippen molar-refractivity contribution in [2.24, 2.45) is 0 Å². The van der Waals surface area contributed by atoms with Gasteiger partial charge in [0.15, 0.2) is 0 Å². The molecule has 0 aliphatic rings. The zero-order valence-corrected chi connectivity index (χ0v) is 14.5. The third kappa shape index (κ3) is 4.61. The molecule has 2 aromatic carbocycles. The molecule has 1 N–H and O–H groups in total. The standard InChI is InChI=1S/C19H18ClN3O2/c1-24-17-6-2-14(3-7-17)15-12-21-19(22-13-15)23-16-4-8-18(9-5-16)25-11-10-20/h2-9,12-13H,10-11H2,1H3,(H,21,22,23). The summed E-state index contributed by atoms with van der Waals surface area (Å²) in [5.74, 6) is 2.60. The number of benzene rings is 2. The molecule has 0 bridgehead atoms. The van der Waals surface area contributed by atoms with Crippen LogP contribution in [-0.4, -0.2) is 29.6 Å². The molecular weight excluding hydrogens is 338 g/mol. The number of alkyl halides is 1. The van der Waals surface area contributed by atoms with Gasteiger partial charge in [-0.25, -0.2) is 9.97 Å². The van der Waals surface area contributed by atoms with E-state index in [0.717, 1.165) is 28.3 Å². The molecule has 3 rings (SSSR count). The maximum Gasteiger partial charge on any atom is 0.227 e. The van der Waals surface area contributed by atoms with Crippen LogP contribution in [0, 0.1) is 0 Å². The first-order valence-corrected chi connectivity index (χ1v) is 8.34. The van der Waals surface area contributed by atoms with Crippen LogP contribution in [0.4, 0.5) is 11.6 Å². The molecule has 0 aliphatic heterocycles. The molecule has 0 amide bonds. The van der Waals surface area contributed by atoms with Crippen LogP contribution in [0.15, 0.2) is 60.9 Å². The number of nitrogens with one attached hydrogen (secondary N) is 1. The first-order chi connectivity index (χ1) is 12.3. The zero-order chi connectivity index (χ0) is 17.5. The van der Waals surface area contributed by atoms with Crippen LogP contribution in [0.2, 0.25) is 0 Å². The molecule has 6 heteroatoms. The van der Waals surface area contributed by atoms with Crippen molar-refractivity contribution in [3.05, 3.63) is 60.9 Å². The average Bonchev–Trinajstić information content (AvgIpc) is 2.68. The van der Waals surface area contributed by atoms with E-state index in [9.17, 15) is 0 Å². The molecule has 1 heterocycles. The Labute approximate surface area is 151 Å². The van der Waals surface area contributed by atoms with Gasteiger partial charge in [-0.05, 0) is 42.0 Å². The summed E-state index contributed by atoms with van der Waals surface area (Å²) < 4.78 is 10.6. The minimum absolute atomic E-state index is 0.467. The van der Waals surface area contributed by atoms with E-state index in [1.807, 2.05) is 48.5 Å². The van der Waals surface area contributed by atoms with Gasteiger partial charge in [-0.3, -0.25) is 0 Å². The maximum atomic E-state index is 5.60. The van der Waals surface area contributed by atoms with E-state index in [2.05, 4.69) is 15.3 Å². The van der Waals surface area contributed by atoms with Crippen LogP contribution in [0.25, 0.3) is 11.1 Å². The van der Waals surface area contributed by atoms with Crippen molar-refractivity contribution >= 4 is 23.2 Å². The second kappa shape index (κ2) is 8.35. The third-order valence-electron chi connectivity index (χ3n) is 3.53. The van der Waals surface area contributed by atoms with Gasteiger partial charge in [0.25, 0.3) is 0 Å². The van der Waals surface area contributed by atoms with Gasteiger partial charge >= 0.3 is 0 Å². The van der Waals surface area contributed by atoms with Gasteiger partial charge in [0.1, 0.15) is 18.1 Å². The largest absolute Gasteiger partial charge is 0.497 e. The summed E-state index contributed by atoms with van der Waals surface area (Å²) in [5, 5.41) is 3.16. The fraction of sp³-hybridized carbons (Fsp3) is 0.158. The Kier molecular flexibility index (Phi) is 5.69. The summed E-state index contributed by atoms with van der Waals surface area (Å²) in [4.78, 5) is 8.73. The van der Waals surface area contributed by atoms with Crippen molar-refractivity contribution in [2.45, 2.75) is 0 Å². The number of hydrogen-bond acceptors (Lipinski definition) is 5. The molecule has 0 saturated carbocycles. The van der Waals surface area contributed by atoms with Gasteiger partial charge < -0.3 is 14.8 Å². The Hall–Kier alpha value is -2.79. The Bertz CT molecular complexity index is 790. The van der Waals surface area contributed by atoms with E-state index in [0.29, 0.717) is 18.4 Å². The van der Waals surface area contributed by atoms with Crippen LogP contribution in [0.1, 0.15) is 0 Å². The van der Waals surface area contributed by atoms with Crippen molar-refractivity contribution in [1.82, 2.24) is 9.97 Å². The Balaban J connectivity index is 1.65. The zero-order valence-electron chi connectivity index (χ0n) is 13.8. The van der Waals surface area contributed by atoms with Crippen LogP contribution in [0.3, 0.4) is 0 Å². The van der Waals surface area contributed by atoms with Crippen LogP contribution in [-0.2, 0) is 0 Å². The topological polar surface area (TPSA) is 56.3 Å². The smallest absolute Gasteiger partial charge is 0.227 e. The van der Waals surface area contributed by atoms with Crippen LogP contribution < -0.4 is 14.8 Å². The summed E-state index contributed by atoms with van der Waals surface area (Å²) in [6.45, 7) is 0.490. The first kappa shape index (κ1) is 17.0. The Morgan fingerprint density at radius 1 is 0.880 bits per heavy atom. The number of ether oxygens (including phenoxy) is 2. The fourth-order valence-corrected chi connectivity index (χ4v) is 2.32. The Morgan fingerprint density at radius 2 is 1.52 bits per heavy atom. The SMILES string of the molecule is COc1ccc(-c2cnc(Nc3ccc(OCCCl)cc3)nc2)cc1. The molecule has 0 unspecified atom stereocenters. The van der Waals surface area contributed by atoms with Gasteiger partial charge in [0, 0.05) is 23.6 Å². The van der Waals surface area contributed by atoms with Crippen molar-refractivity contribution in [1.29, 1.82) is 0 Å². The highest BCUT2D eigenvalue weighted by Gasteiger charge is 2.02. The normalized spacial score (nSPS) is 10.3. The number of anilines is 2. The van der Waals surface area contributed by atoms with Gasteiger partial charge in [-0.2, -0.15) is 0 Å². The van der Waals surface area contributed by atoms with Crippen LogP contribution in [0.5, 0.6) is 11.5 Å². The predicted molar refractivity (Wildman–Crippen MR) is 100.0 cm³/mol. The van der Waals surface area contributed by atoms with Gasteiger partial charge in [-0.15, -0.1) is 11.6 Å². The lowest BCUT2D eigenvalue weighted by atomic mass is 10.1. The van der Waals surface area contributed by atoms with E-state index < -0.39 is 0 Å². The lowest BCUT2D eigenvalue weighted by molar-refractivity contribution is 0.343. The molecule has 0 spiro atoms. The van der Waals surface area contributed by atoms with E-state index >= 15 is 0 Å². The van der Waals surface area contributed by atoms with E-state index in [4.69, 9.17) is 21.1 Å². The minimum atomic E-state index is 0.467. The van der Waals surface area contributed by atoms with E-state index in [1.54, 1.807) is 19.5 Å². The molecule has 0 radical (unpaired) electrons. The highest BCUT2D eigenvalue weighted by Crippen LogP contribution is 2.22. The molecule has 0 fully saturated rings. The van der Waals surface area contributed by atoms with Gasteiger partial charge in [0.2, 0.25) is 5.95 Å². The minimum Gasteiger partial charge on any atom is -0.497 e. The van der Waals surface area contributed by atoms with Crippen molar-refractivity contribution in [3.8, 4) is 22.6 Å². The summed E-state index contributed by atoms with van der Waals surface area (Å²) in [5.41, 5.74) is 2.86. The number of halogens is 1. The van der Waals surface area contributed by atoms with Gasteiger partial charge in [0.05, 0.1) is 13.0 Å². The van der Waals surface area contributed by atoms with Crippen molar-refractivity contribution < 1.29 is 9.47 Å². The van der Waals surface area contributed by atoms with Crippen molar-refractivity contribution in [3.63, 3.8) is 0 Å². The second-order valence-corrected chi connectivity index (χ2v) is 5.59. The first-order valence-electron chi connectivity index (χ1n) is 7.81. The highest BCUT2D eigenvalue weighted by molar-refractivity contribution is 6.18. The number of nitrogens with zero attached hydrogens (tertiary/aromatic N) is 2. The van der Waals surface area contributed by atoms with Crippen LogP contribution >= 0.6 is 11.6 Å². The lowest BCUT2D eigenvalue weighted by Crippen LogP contribution is -1.99. The lowest BCUT2D eigenvalue weighted by Gasteiger charge is -2.08. The third-order valence-corrected chi connectivity index (χ3v) is 3.69. The molecular formula is C19H18ClN3O2. The fourth-order valence-electron chi connectivity index (χ4n) is 2.25. The molecule has 0 saturated heterocycles.